The second-order valence-corrected chi connectivity index (χ2v) is 5.72. The Hall–Kier alpha value is -2.66. The molecule has 22 heavy (non-hydrogen) atoms. The van der Waals surface area contributed by atoms with Crippen LogP contribution in [-0.4, -0.2) is 20.6 Å². The number of hydrogen-bond acceptors (Lipinski definition) is 3. The van der Waals surface area contributed by atoms with Crippen molar-refractivity contribution >= 4 is 16.7 Å². The molecule has 0 fully saturated rings. The van der Waals surface area contributed by atoms with Crippen LogP contribution in [-0.2, 0) is 12.1 Å². The molecule has 4 rings (SSSR count). The first-order chi connectivity index (χ1) is 10.6. The molecule has 1 aromatic heterocycles. The van der Waals surface area contributed by atoms with Crippen LogP contribution in [0.15, 0.2) is 48.9 Å². The zero-order chi connectivity index (χ0) is 15.3. The van der Waals surface area contributed by atoms with E-state index in [1.165, 1.54) is 0 Å². The summed E-state index contributed by atoms with van der Waals surface area (Å²) in [5, 5.41) is 13.0. The Morgan fingerprint density at radius 1 is 1.23 bits per heavy atom. The largest absolute Gasteiger partial charge is 0.379 e. The van der Waals surface area contributed by atoms with Gasteiger partial charge in [-0.3, -0.25) is 4.79 Å². The summed E-state index contributed by atoms with van der Waals surface area (Å²) in [6.07, 6.45) is 4.09. The van der Waals surface area contributed by atoms with Crippen LogP contribution in [0, 0.1) is 0 Å². The number of hydrogen-bond donors (Lipinski definition) is 2. The molecule has 0 spiro atoms. The summed E-state index contributed by atoms with van der Waals surface area (Å²) in [6, 6.07) is 11.1. The van der Waals surface area contributed by atoms with Crippen LogP contribution in [0.5, 0.6) is 0 Å². The van der Waals surface area contributed by atoms with E-state index in [-0.39, 0.29) is 0 Å². The molecule has 0 unspecified atom stereocenters. The Kier molecular flexibility index (Phi) is 2.62. The molecule has 0 bridgehead atoms. The fraction of sp³-hybridized carbons (Fsp3) is 0.176. The van der Waals surface area contributed by atoms with Gasteiger partial charge in [0, 0.05) is 18.5 Å². The highest BCUT2D eigenvalue weighted by Gasteiger charge is 2.39. The number of nitrogens with two attached hydrogens (primary N) is 1. The van der Waals surface area contributed by atoms with Gasteiger partial charge in [0.15, 0.2) is 0 Å². The Bertz CT molecular complexity index is 900. The lowest BCUT2D eigenvalue weighted by atomic mass is 9.88. The number of aliphatic hydroxyl groups is 1. The van der Waals surface area contributed by atoms with E-state index in [4.69, 9.17) is 5.73 Å². The molecule has 2 aromatic carbocycles. The van der Waals surface area contributed by atoms with E-state index in [0.29, 0.717) is 12.0 Å². The van der Waals surface area contributed by atoms with Crippen molar-refractivity contribution in [1.82, 2.24) is 9.55 Å². The van der Waals surface area contributed by atoms with Gasteiger partial charge >= 0.3 is 0 Å². The monoisotopic (exact) mass is 293 g/mol. The molecule has 1 aliphatic rings. The van der Waals surface area contributed by atoms with E-state index in [1.807, 2.05) is 28.8 Å². The highest BCUT2D eigenvalue weighted by molar-refractivity contribution is 5.97. The third-order valence-electron chi connectivity index (χ3n) is 4.45. The van der Waals surface area contributed by atoms with Gasteiger partial charge < -0.3 is 15.4 Å². The Balaban J connectivity index is 1.84. The van der Waals surface area contributed by atoms with Crippen molar-refractivity contribution in [3.63, 3.8) is 0 Å². The van der Waals surface area contributed by atoms with Gasteiger partial charge in [0.2, 0.25) is 5.91 Å². The molecule has 110 valence electrons. The number of imidazole rings is 1. The molecular weight excluding hydrogens is 278 g/mol. The van der Waals surface area contributed by atoms with Crippen molar-refractivity contribution in [2.45, 2.75) is 18.6 Å². The van der Waals surface area contributed by atoms with Crippen LogP contribution in [0.4, 0.5) is 0 Å². The van der Waals surface area contributed by atoms with E-state index in [0.717, 1.165) is 28.6 Å². The molecule has 5 heteroatoms. The van der Waals surface area contributed by atoms with Gasteiger partial charge in [-0.15, -0.1) is 0 Å². The van der Waals surface area contributed by atoms with Crippen molar-refractivity contribution in [1.29, 1.82) is 0 Å². The maximum absolute atomic E-state index is 11.3. The standard InChI is InChI=1S/C17H15N3O2/c18-16(21)13-2-1-12-8-14(4-3-11(12)7-13)17(22)5-6-20-10-19-9-15(17)20/h1-4,7-10,22H,5-6H2,(H2,18,21)/t17-/m1/s1. The van der Waals surface area contributed by atoms with Crippen LogP contribution in [0.2, 0.25) is 0 Å². The summed E-state index contributed by atoms with van der Waals surface area (Å²) in [5.74, 6) is -0.440. The lowest BCUT2D eigenvalue weighted by Crippen LogP contribution is -2.23. The minimum atomic E-state index is -1.01. The summed E-state index contributed by atoms with van der Waals surface area (Å²) < 4.78 is 1.97. The van der Waals surface area contributed by atoms with Gasteiger partial charge in [-0.25, -0.2) is 4.98 Å². The number of rotatable bonds is 2. The highest BCUT2D eigenvalue weighted by Crippen LogP contribution is 2.39. The predicted octanol–water partition coefficient (Wildman–Crippen LogP) is 1.77. The summed E-state index contributed by atoms with van der Waals surface area (Å²) >= 11 is 0. The first-order valence-electron chi connectivity index (χ1n) is 7.15. The second kappa shape index (κ2) is 4.42. The van der Waals surface area contributed by atoms with Crippen molar-refractivity contribution < 1.29 is 9.90 Å². The Labute approximate surface area is 127 Å². The van der Waals surface area contributed by atoms with Crippen molar-refractivity contribution in [2.24, 2.45) is 5.73 Å². The van der Waals surface area contributed by atoms with Crippen molar-refractivity contribution in [3.8, 4) is 0 Å². The van der Waals surface area contributed by atoms with E-state index in [1.54, 1.807) is 24.7 Å². The number of aryl methyl sites for hydroxylation is 1. The number of carbonyl (C=O) groups is 1. The van der Waals surface area contributed by atoms with Crippen LogP contribution < -0.4 is 5.73 Å². The van der Waals surface area contributed by atoms with Gasteiger partial charge in [0.25, 0.3) is 0 Å². The summed E-state index contributed by atoms with van der Waals surface area (Å²) in [5.41, 5.74) is 6.44. The number of amides is 1. The number of carbonyl (C=O) groups excluding carboxylic acids is 1. The summed E-state index contributed by atoms with van der Waals surface area (Å²) in [4.78, 5) is 15.4. The molecule has 0 radical (unpaired) electrons. The van der Waals surface area contributed by atoms with Gasteiger partial charge in [0.1, 0.15) is 5.60 Å². The molecular formula is C17H15N3O2. The molecule has 3 N–H and O–H groups in total. The van der Waals surface area contributed by atoms with Gasteiger partial charge in [-0.05, 0) is 34.5 Å². The zero-order valence-electron chi connectivity index (χ0n) is 11.9. The highest BCUT2D eigenvalue weighted by atomic mass is 16.3. The average Bonchev–Trinajstić information content (AvgIpc) is 3.11. The van der Waals surface area contributed by atoms with Gasteiger partial charge in [-0.2, -0.15) is 0 Å². The lowest BCUT2D eigenvalue weighted by molar-refractivity contribution is 0.0826. The first-order valence-corrected chi connectivity index (χ1v) is 7.15. The molecule has 1 atom stereocenters. The quantitative estimate of drug-likeness (QED) is 0.755. The topological polar surface area (TPSA) is 81.1 Å². The number of aromatic nitrogens is 2. The minimum Gasteiger partial charge on any atom is -0.379 e. The lowest BCUT2D eigenvalue weighted by Gasteiger charge is -2.23. The number of nitrogens with zero attached hydrogens (tertiary/aromatic N) is 2. The second-order valence-electron chi connectivity index (χ2n) is 5.72. The van der Waals surface area contributed by atoms with Crippen LogP contribution in [0.3, 0.4) is 0 Å². The van der Waals surface area contributed by atoms with E-state index in [2.05, 4.69) is 4.98 Å². The fourth-order valence-corrected chi connectivity index (χ4v) is 3.20. The normalized spacial score (nSPS) is 20.2. The van der Waals surface area contributed by atoms with Crippen molar-refractivity contribution in [3.05, 3.63) is 65.7 Å². The van der Waals surface area contributed by atoms with Crippen LogP contribution in [0.1, 0.15) is 28.0 Å². The van der Waals surface area contributed by atoms with Crippen LogP contribution in [0.25, 0.3) is 10.8 Å². The smallest absolute Gasteiger partial charge is 0.248 e. The molecule has 0 aliphatic carbocycles. The minimum absolute atomic E-state index is 0.440. The SMILES string of the molecule is NC(=O)c1ccc2cc([C@]3(O)CCn4cncc43)ccc2c1. The van der Waals surface area contributed by atoms with Crippen LogP contribution >= 0.6 is 0 Å². The average molecular weight is 293 g/mol. The zero-order valence-corrected chi connectivity index (χ0v) is 11.9. The summed E-state index contributed by atoms with van der Waals surface area (Å²) in [6.45, 7) is 0.754. The summed E-state index contributed by atoms with van der Waals surface area (Å²) in [7, 11) is 0. The van der Waals surface area contributed by atoms with E-state index < -0.39 is 11.5 Å². The number of primary amides is 1. The maximum atomic E-state index is 11.3. The first kappa shape index (κ1) is 13.0. The molecule has 1 aliphatic heterocycles. The van der Waals surface area contributed by atoms with Crippen molar-refractivity contribution in [2.75, 3.05) is 0 Å². The molecule has 1 amide bonds. The Morgan fingerprint density at radius 2 is 2.00 bits per heavy atom. The fourth-order valence-electron chi connectivity index (χ4n) is 3.20. The maximum Gasteiger partial charge on any atom is 0.248 e. The molecule has 0 saturated heterocycles. The molecule has 0 saturated carbocycles. The third kappa shape index (κ3) is 1.76. The Morgan fingerprint density at radius 3 is 2.82 bits per heavy atom. The van der Waals surface area contributed by atoms with Gasteiger partial charge in [-0.1, -0.05) is 18.2 Å². The van der Waals surface area contributed by atoms with Gasteiger partial charge in [0.05, 0.1) is 18.2 Å². The molecule has 5 nitrogen and oxygen atoms in total. The number of fused-ring (bicyclic) bond motifs is 2. The van der Waals surface area contributed by atoms with E-state index >= 15 is 0 Å². The molecule has 3 aromatic rings. The number of benzene rings is 2. The molecule has 2 heterocycles. The van der Waals surface area contributed by atoms with E-state index in [9.17, 15) is 9.90 Å². The predicted molar refractivity (Wildman–Crippen MR) is 82.3 cm³/mol. The third-order valence-corrected chi connectivity index (χ3v) is 4.45.